The number of halogens is 4. The smallest absolute Gasteiger partial charge is 0.308 e. The zero-order chi connectivity index (χ0) is 34.1. The second-order valence-corrected chi connectivity index (χ2v) is 13.0. The Hall–Kier alpha value is -3.59. The van der Waals surface area contributed by atoms with Crippen molar-refractivity contribution in [2.75, 3.05) is 14.2 Å². The summed E-state index contributed by atoms with van der Waals surface area (Å²) in [7, 11) is 3.02. The average Bonchev–Trinajstić information content (AvgIpc) is 3.02. The van der Waals surface area contributed by atoms with Crippen LogP contribution in [-0.2, 0) is 9.59 Å². The number of thioether (sulfide) groups is 1. The molecule has 4 aromatic rings. The third-order valence-electron chi connectivity index (χ3n) is 6.64. The van der Waals surface area contributed by atoms with E-state index in [2.05, 4.69) is 0 Å². The van der Waals surface area contributed by atoms with E-state index < -0.39 is 11.9 Å². The van der Waals surface area contributed by atoms with Crippen molar-refractivity contribution in [2.45, 2.75) is 24.3 Å². The van der Waals surface area contributed by atoms with Gasteiger partial charge in [-0.25, -0.2) is 0 Å². The molecule has 0 spiro atoms. The van der Waals surface area contributed by atoms with E-state index in [4.69, 9.17) is 65.4 Å². The molecule has 0 saturated heterocycles. The molecule has 244 valence electrons. The van der Waals surface area contributed by atoms with E-state index in [1.807, 2.05) is 48.6 Å². The number of ether oxygens (including phenoxy) is 4. The van der Waals surface area contributed by atoms with Crippen LogP contribution in [0.15, 0.2) is 84.9 Å². The molecule has 0 N–H and O–H groups in total. The Kier molecular flexibility index (Phi) is 13.1. The van der Waals surface area contributed by atoms with Crippen molar-refractivity contribution in [3.8, 4) is 23.0 Å². The minimum atomic E-state index is -0.445. The highest BCUT2D eigenvalue weighted by Gasteiger charge is 2.22. The Balaban J connectivity index is 1.76. The second kappa shape index (κ2) is 17.0. The van der Waals surface area contributed by atoms with Crippen LogP contribution in [0.3, 0.4) is 0 Å². The molecular weight excluding hydrogens is 702 g/mol. The van der Waals surface area contributed by atoms with Gasteiger partial charge < -0.3 is 18.9 Å². The third kappa shape index (κ3) is 10.2. The molecule has 11 heteroatoms. The summed E-state index contributed by atoms with van der Waals surface area (Å²) in [4.78, 5) is 23.0. The molecule has 0 saturated carbocycles. The van der Waals surface area contributed by atoms with Gasteiger partial charge in [0.15, 0.2) is 23.0 Å². The zero-order valence-electron chi connectivity index (χ0n) is 25.8. The molecule has 2 unspecified atom stereocenters. The number of benzene rings is 4. The molecule has 0 aliphatic carbocycles. The molecule has 0 fully saturated rings. The third-order valence-corrected chi connectivity index (χ3v) is 9.17. The first-order valence-corrected chi connectivity index (χ1v) is 16.6. The van der Waals surface area contributed by atoms with Crippen molar-refractivity contribution >= 4 is 82.3 Å². The van der Waals surface area contributed by atoms with Crippen LogP contribution in [0.1, 0.15) is 46.6 Å². The standard InChI is InChI=1S/C36H30Cl4O6S/c1-21(41)45-31-13-5-23(17-33(31)43-3)7-15-35(27-11-9-25(37)19-29(27)39)47-36(28-12-10-26(38)20-30(28)40)16-8-24-6-14-32(46-22(2)42)34(18-24)44-4/h5-20,35-36H,1-4H3/b15-7-,16-8?. The van der Waals surface area contributed by atoms with Crippen LogP contribution in [0, 0.1) is 0 Å². The average molecular weight is 733 g/mol. The largest absolute Gasteiger partial charge is 0.493 e. The molecule has 0 bridgehead atoms. The van der Waals surface area contributed by atoms with E-state index in [0.717, 1.165) is 22.3 Å². The van der Waals surface area contributed by atoms with Gasteiger partial charge in [0.1, 0.15) is 0 Å². The lowest BCUT2D eigenvalue weighted by Crippen LogP contribution is -2.03. The van der Waals surface area contributed by atoms with E-state index in [9.17, 15) is 9.59 Å². The molecule has 6 nitrogen and oxygen atoms in total. The number of hydrogen-bond acceptors (Lipinski definition) is 7. The molecule has 4 rings (SSSR count). The summed E-state index contributed by atoms with van der Waals surface area (Å²) in [6.45, 7) is 2.66. The van der Waals surface area contributed by atoms with E-state index in [1.165, 1.54) is 28.1 Å². The maximum absolute atomic E-state index is 11.5. The monoisotopic (exact) mass is 730 g/mol. The van der Waals surface area contributed by atoms with Crippen molar-refractivity contribution in [2.24, 2.45) is 0 Å². The molecule has 0 heterocycles. The number of esters is 2. The zero-order valence-corrected chi connectivity index (χ0v) is 29.6. The van der Waals surface area contributed by atoms with Crippen molar-refractivity contribution < 1.29 is 28.5 Å². The number of rotatable bonds is 12. The molecule has 4 aromatic carbocycles. The second-order valence-electron chi connectivity index (χ2n) is 10.0. The van der Waals surface area contributed by atoms with Gasteiger partial charge in [-0.1, -0.05) is 95.0 Å². The van der Waals surface area contributed by atoms with Crippen molar-refractivity contribution in [1.82, 2.24) is 0 Å². The highest BCUT2D eigenvalue weighted by atomic mass is 35.5. The summed E-state index contributed by atoms with van der Waals surface area (Å²) in [5.74, 6) is 0.589. The van der Waals surface area contributed by atoms with E-state index >= 15 is 0 Å². The first kappa shape index (κ1) is 36.2. The fraction of sp³-hybridized carbons (Fsp3) is 0.167. The van der Waals surface area contributed by atoms with Gasteiger partial charge in [0.05, 0.1) is 24.7 Å². The Morgan fingerprint density at radius 2 is 1.00 bits per heavy atom. The van der Waals surface area contributed by atoms with Gasteiger partial charge in [-0.15, -0.1) is 11.8 Å². The van der Waals surface area contributed by atoms with E-state index in [-0.39, 0.29) is 10.5 Å². The van der Waals surface area contributed by atoms with E-state index in [1.54, 1.807) is 60.3 Å². The van der Waals surface area contributed by atoms with E-state index in [0.29, 0.717) is 43.1 Å². The van der Waals surface area contributed by atoms with Gasteiger partial charge in [-0.05, 0) is 70.8 Å². The van der Waals surface area contributed by atoms with Crippen LogP contribution < -0.4 is 18.9 Å². The summed E-state index contributed by atoms with van der Waals surface area (Å²) in [6, 6.07) is 21.3. The Morgan fingerprint density at radius 1 is 0.596 bits per heavy atom. The van der Waals surface area contributed by atoms with Gasteiger partial charge in [-0.3, -0.25) is 9.59 Å². The maximum Gasteiger partial charge on any atom is 0.308 e. The van der Waals surface area contributed by atoms with Crippen LogP contribution in [0.25, 0.3) is 12.2 Å². The maximum atomic E-state index is 11.5. The lowest BCUT2D eigenvalue weighted by molar-refractivity contribution is -0.132. The fourth-order valence-electron chi connectivity index (χ4n) is 4.52. The quantitative estimate of drug-likeness (QED) is 0.106. The number of carbonyl (C=O) groups excluding carboxylic acids is 2. The molecular formula is C36H30Cl4O6S. The van der Waals surface area contributed by atoms with Crippen molar-refractivity contribution in [3.63, 3.8) is 0 Å². The number of carbonyl (C=O) groups is 2. The highest BCUT2D eigenvalue weighted by Crippen LogP contribution is 2.47. The van der Waals surface area contributed by atoms with Gasteiger partial charge in [0.2, 0.25) is 0 Å². The van der Waals surface area contributed by atoms with Crippen LogP contribution in [0.2, 0.25) is 20.1 Å². The lowest BCUT2D eigenvalue weighted by Gasteiger charge is -2.22. The summed E-state index contributed by atoms with van der Waals surface area (Å²) in [6.07, 6.45) is 7.90. The minimum absolute atomic E-state index is 0.291. The van der Waals surface area contributed by atoms with Crippen LogP contribution >= 0.6 is 58.2 Å². The van der Waals surface area contributed by atoms with Crippen molar-refractivity contribution in [1.29, 1.82) is 0 Å². The van der Waals surface area contributed by atoms with Gasteiger partial charge >= 0.3 is 11.9 Å². The fourth-order valence-corrected chi connectivity index (χ4v) is 7.06. The summed E-state index contributed by atoms with van der Waals surface area (Å²) in [5, 5.41) is 1.44. The molecule has 0 aliphatic heterocycles. The highest BCUT2D eigenvalue weighted by molar-refractivity contribution is 8.00. The summed E-state index contributed by atoms with van der Waals surface area (Å²) < 4.78 is 21.4. The van der Waals surface area contributed by atoms with Gasteiger partial charge in [0.25, 0.3) is 0 Å². The van der Waals surface area contributed by atoms with Gasteiger partial charge in [0, 0.05) is 33.9 Å². The normalized spacial score (nSPS) is 12.6. The Morgan fingerprint density at radius 3 is 1.34 bits per heavy atom. The van der Waals surface area contributed by atoms with Crippen LogP contribution in [0.4, 0.5) is 0 Å². The summed E-state index contributed by atoms with van der Waals surface area (Å²) in [5.41, 5.74) is 3.28. The Labute approximate surface area is 298 Å². The minimum Gasteiger partial charge on any atom is -0.493 e. The molecule has 2 atom stereocenters. The first-order valence-electron chi connectivity index (χ1n) is 14.1. The molecule has 0 aromatic heterocycles. The number of hydrogen-bond donors (Lipinski definition) is 0. The molecule has 0 radical (unpaired) electrons. The predicted molar refractivity (Wildman–Crippen MR) is 193 cm³/mol. The van der Waals surface area contributed by atoms with Crippen LogP contribution in [-0.4, -0.2) is 26.2 Å². The Bertz CT molecular complexity index is 1690. The van der Waals surface area contributed by atoms with Crippen LogP contribution in [0.5, 0.6) is 23.0 Å². The topological polar surface area (TPSA) is 71.1 Å². The molecule has 0 amide bonds. The number of methoxy groups -OCH3 is 2. The van der Waals surface area contributed by atoms with Crippen molar-refractivity contribution in [3.05, 3.63) is 127 Å². The lowest BCUT2D eigenvalue weighted by atomic mass is 10.1. The van der Waals surface area contributed by atoms with Gasteiger partial charge in [-0.2, -0.15) is 0 Å². The predicted octanol–water partition coefficient (Wildman–Crippen LogP) is 11.1. The molecule has 0 aliphatic rings. The summed E-state index contributed by atoms with van der Waals surface area (Å²) >= 11 is 27.6. The SMILES string of the molecule is COc1cc(C=CC(SC(/C=C\c2ccc(OC(C)=O)c(OC)c2)c2ccc(Cl)cc2Cl)c2ccc(Cl)cc2Cl)ccc1OC(C)=O. The first-order chi connectivity index (χ1) is 22.5. The molecule has 47 heavy (non-hydrogen) atoms.